The minimum absolute atomic E-state index is 0.317. The molecule has 0 aromatic rings. The van der Waals surface area contributed by atoms with Crippen molar-refractivity contribution in [3.05, 3.63) is 11.6 Å². The predicted molar refractivity (Wildman–Crippen MR) is 67.6 cm³/mol. The minimum Gasteiger partial charge on any atom is -0.315 e. The lowest BCUT2D eigenvalue weighted by Gasteiger charge is -2.26. The smallest absolute Gasteiger partial charge is 0.241 e. The van der Waals surface area contributed by atoms with Gasteiger partial charge >= 0.3 is 0 Å². The van der Waals surface area contributed by atoms with Gasteiger partial charge in [-0.15, -0.1) is 0 Å². The Morgan fingerprint density at radius 3 is 2.41 bits per heavy atom. The molecule has 0 radical (unpaired) electrons. The molecule has 102 valence electrons. The quantitative estimate of drug-likeness (QED) is 0.394. The van der Waals surface area contributed by atoms with Gasteiger partial charge in [-0.05, 0) is 26.2 Å². The van der Waals surface area contributed by atoms with Gasteiger partial charge in [-0.2, -0.15) is 0 Å². The zero-order chi connectivity index (χ0) is 13.4. The number of rotatable bonds is 8. The molecule has 17 heavy (non-hydrogen) atoms. The summed E-state index contributed by atoms with van der Waals surface area (Å²) >= 11 is 0. The molecule has 3 nitrogen and oxygen atoms in total. The number of hydrazine groups is 1. The van der Waals surface area contributed by atoms with Gasteiger partial charge in [-0.1, -0.05) is 18.6 Å². The summed E-state index contributed by atoms with van der Waals surface area (Å²) in [5, 5.41) is 1.56. The molecule has 0 bridgehead atoms. The van der Waals surface area contributed by atoms with Crippen LogP contribution in [-0.2, 0) is 0 Å². The second-order valence-corrected chi connectivity index (χ2v) is 4.58. The van der Waals surface area contributed by atoms with Crippen LogP contribution in [0.1, 0.15) is 33.6 Å². The van der Waals surface area contributed by atoms with Gasteiger partial charge in [0, 0.05) is 20.0 Å². The molecular weight excluding hydrogens is 224 g/mol. The van der Waals surface area contributed by atoms with Crippen LogP contribution in [0.25, 0.3) is 0 Å². The molecule has 0 aliphatic rings. The number of hydrogen-bond acceptors (Lipinski definition) is 3. The van der Waals surface area contributed by atoms with Crippen LogP contribution in [0.2, 0.25) is 0 Å². The van der Waals surface area contributed by atoms with E-state index in [0.29, 0.717) is 5.92 Å². The van der Waals surface area contributed by atoms with Gasteiger partial charge in [0.15, 0.2) is 0 Å². The topological polar surface area (TPSA) is 41.3 Å². The van der Waals surface area contributed by atoms with Crippen molar-refractivity contribution in [3.63, 3.8) is 0 Å². The maximum absolute atomic E-state index is 12.1. The molecular formula is C12H25F2N3. The summed E-state index contributed by atoms with van der Waals surface area (Å²) in [6.07, 6.45) is -0.147. The highest BCUT2D eigenvalue weighted by atomic mass is 19.3. The fraction of sp³-hybridized carbons (Fsp3) is 0.833. The minimum atomic E-state index is -2.37. The molecule has 3 N–H and O–H groups in total. The van der Waals surface area contributed by atoms with E-state index in [4.69, 9.17) is 5.73 Å². The van der Waals surface area contributed by atoms with Gasteiger partial charge in [-0.25, -0.2) is 13.8 Å². The van der Waals surface area contributed by atoms with Crippen molar-refractivity contribution in [2.75, 3.05) is 13.6 Å². The molecule has 5 heteroatoms. The Hall–Kier alpha value is -0.520. The van der Waals surface area contributed by atoms with Crippen molar-refractivity contribution in [2.45, 2.75) is 46.2 Å². The Morgan fingerprint density at radius 2 is 2.00 bits per heavy atom. The largest absolute Gasteiger partial charge is 0.315 e. The van der Waals surface area contributed by atoms with E-state index in [1.54, 1.807) is 12.1 Å². The fourth-order valence-corrected chi connectivity index (χ4v) is 1.51. The normalized spacial score (nSPS) is 15.1. The maximum atomic E-state index is 12.1. The van der Waals surface area contributed by atoms with Gasteiger partial charge in [0.25, 0.3) is 0 Å². The van der Waals surface area contributed by atoms with E-state index in [1.165, 1.54) is 5.57 Å². The summed E-state index contributed by atoms with van der Waals surface area (Å²) in [7, 11) is 1.70. The standard InChI is InChI=1S/C12H25F2N3/c1-5-10(6-9(2)3)8-16-17(4)12(15)7-11(13)14/h6,10-12,16H,5,7-8,15H2,1-4H3. The molecule has 0 rings (SSSR count). The lowest BCUT2D eigenvalue weighted by Crippen LogP contribution is -2.49. The molecule has 0 aromatic carbocycles. The molecule has 0 saturated heterocycles. The van der Waals surface area contributed by atoms with E-state index in [2.05, 4.69) is 32.3 Å². The van der Waals surface area contributed by atoms with Gasteiger partial charge in [0.2, 0.25) is 6.43 Å². The van der Waals surface area contributed by atoms with Crippen molar-refractivity contribution in [1.29, 1.82) is 0 Å². The van der Waals surface area contributed by atoms with E-state index in [0.717, 1.165) is 13.0 Å². The van der Waals surface area contributed by atoms with E-state index < -0.39 is 12.6 Å². The number of nitrogens with one attached hydrogen (secondary N) is 1. The lowest BCUT2D eigenvalue weighted by molar-refractivity contribution is 0.0695. The highest BCUT2D eigenvalue weighted by Crippen LogP contribution is 2.08. The molecule has 0 amide bonds. The second-order valence-electron chi connectivity index (χ2n) is 4.58. The molecule has 0 aliphatic carbocycles. The first-order chi connectivity index (χ1) is 7.86. The average Bonchev–Trinajstić information content (AvgIpc) is 2.22. The van der Waals surface area contributed by atoms with Crippen molar-refractivity contribution in [3.8, 4) is 0 Å². The van der Waals surface area contributed by atoms with Crippen molar-refractivity contribution in [1.82, 2.24) is 10.4 Å². The number of halogens is 2. The first-order valence-corrected chi connectivity index (χ1v) is 6.01. The Kier molecular flexibility index (Phi) is 8.29. The lowest BCUT2D eigenvalue weighted by atomic mass is 10.0. The van der Waals surface area contributed by atoms with Crippen LogP contribution < -0.4 is 11.2 Å². The van der Waals surface area contributed by atoms with Gasteiger partial charge in [0.05, 0.1) is 6.17 Å². The van der Waals surface area contributed by atoms with Gasteiger partial charge < -0.3 is 5.73 Å². The average molecular weight is 249 g/mol. The first kappa shape index (κ1) is 16.5. The SMILES string of the molecule is CCC(C=C(C)C)CNN(C)C(N)CC(F)F. The Labute approximate surface area is 103 Å². The van der Waals surface area contributed by atoms with Crippen molar-refractivity contribution >= 4 is 0 Å². The highest BCUT2D eigenvalue weighted by molar-refractivity contribution is 4.97. The van der Waals surface area contributed by atoms with Crippen LogP contribution in [0.4, 0.5) is 8.78 Å². The Bertz CT molecular complexity index is 228. The molecule has 0 fully saturated rings. The number of hydrogen-bond donors (Lipinski definition) is 2. The van der Waals surface area contributed by atoms with Crippen LogP contribution >= 0.6 is 0 Å². The third kappa shape index (κ3) is 8.24. The Balaban J connectivity index is 4.03. The van der Waals surface area contributed by atoms with Crippen LogP contribution in [0.5, 0.6) is 0 Å². The summed E-state index contributed by atoms with van der Waals surface area (Å²) < 4.78 is 24.3. The molecule has 0 saturated carbocycles. The second kappa shape index (κ2) is 8.55. The third-order valence-electron chi connectivity index (χ3n) is 2.61. The van der Waals surface area contributed by atoms with E-state index in [9.17, 15) is 8.78 Å². The Morgan fingerprint density at radius 1 is 1.41 bits per heavy atom. The zero-order valence-electron chi connectivity index (χ0n) is 11.2. The van der Waals surface area contributed by atoms with E-state index >= 15 is 0 Å². The van der Waals surface area contributed by atoms with Crippen molar-refractivity contribution < 1.29 is 8.78 Å². The van der Waals surface area contributed by atoms with E-state index in [1.807, 2.05) is 0 Å². The number of nitrogens with zero attached hydrogens (tertiary/aromatic N) is 1. The summed E-state index contributed by atoms with van der Waals surface area (Å²) in [5.74, 6) is 0.404. The summed E-state index contributed by atoms with van der Waals surface area (Å²) in [4.78, 5) is 0. The number of alkyl halides is 2. The molecule has 2 unspecified atom stereocenters. The van der Waals surface area contributed by atoms with Crippen molar-refractivity contribution in [2.24, 2.45) is 11.7 Å². The predicted octanol–water partition coefficient (Wildman–Crippen LogP) is 2.36. The van der Waals surface area contributed by atoms with Crippen LogP contribution in [0, 0.1) is 5.92 Å². The third-order valence-corrected chi connectivity index (χ3v) is 2.61. The molecule has 0 aliphatic heterocycles. The monoisotopic (exact) mass is 249 g/mol. The van der Waals surface area contributed by atoms with Crippen LogP contribution in [0.15, 0.2) is 11.6 Å². The van der Waals surface area contributed by atoms with Gasteiger partial charge in [0.1, 0.15) is 0 Å². The molecule has 2 atom stereocenters. The molecule has 0 heterocycles. The zero-order valence-corrected chi connectivity index (χ0v) is 11.2. The maximum Gasteiger partial charge on any atom is 0.241 e. The molecule has 0 spiro atoms. The van der Waals surface area contributed by atoms with Crippen LogP contribution in [0.3, 0.4) is 0 Å². The summed E-state index contributed by atoms with van der Waals surface area (Å²) in [6.45, 7) is 6.92. The van der Waals surface area contributed by atoms with Crippen LogP contribution in [-0.4, -0.2) is 31.2 Å². The first-order valence-electron chi connectivity index (χ1n) is 6.01. The van der Waals surface area contributed by atoms with Gasteiger partial charge in [-0.3, -0.25) is 5.43 Å². The summed E-state index contributed by atoms with van der Waals surface area (Å²) in [6, 6.07) is 0. The summed E-state index contributed by atoms with van der Waals surface area (Å²) in [5.41, 5.74) is 9.95. The number of allylic oxidation sites excluding steroid dienone is 1. The molecule has 0 aromatic heterocycles. The fourth-order valence-electron chi connectivity index (χ4n) is 1.51. The highest BCUT2D eigenvalue weighted by Gasteiger charge is 2.15. The van der Waals surface area contributed by atoms with E-state index in [-0.39, 0.29) is 6.42 Å². The number of nitrogens with two attached hydrogens (primary N) is 1.